The number of nitrogens with zero attached hydrogens (tertiary/aromatic N) is 2. The molecule has 1 aliphatic heterocycles. The second-order valence-electron chi connectivity index (χ2n) is 7.20. The molecule has 1 heterocycles. The summed E-state index contributed by atoms with van der Waals surface area (Å²) in [6, 6.07) is 10.8. The molecule has 0 unspecified atom stereocenters. The first-order chi connectivity index (χ1) is 11.3. The van der Waals surface area contributed by atoms with Gasteiger partial charge in [0.1, 0.15) is 13.1 Å². The first-order valence-electron chi connectivity index (χ1n) is 8.56. The number of hydrogen-bond acceptors (Lipinski definition) is 3. The summed E-state index contributed by atoms with van der Waals surface area (Å²) >= 11 is 1.77. The van der Waals surface area contributed by atoms with Gasteiger partial charge in [-0.25, -0.2) is 9.56 Å². The van der Waals surface area contributed by atoms with E-state index in [9.17, 15) is 0 Å². The molecule has 2 aliphatic rings. The van der Waals surface area contributed by atoms with Gasteiger partial charge in [0.05, 0.1) is 20.8 Å². The van der Waals surface area contributed by atoms with Gasteiger partial charge in [0.2, 0.25) is 5.36 Å². The van der Waals surface area contributed by atoms with Crippen LogP contribution in [0.25, 0.3) is 20.8 Å². The lowest BCUT2D eigenvalue weighted by atomic mass is 9.86. The van der Waals surface area contributed by atoms with Crippen molar-refractivity contribution < 1.29 is 0 Å². The van der Waals surface area contributed by atoms with E-state index in [0.29, 0.717) is 0 Å². The third kappa shape index (κ3) is 3.03. The first-order valence-corrected chi connectivity index (χ1v) is 9.37. The van der Waals surface area contributed by atoms with E-state index in [-0.39, 0.29) is 5.41 Å². The van der Waals surface area contributed by atoms with Crippen LogP contribution in [0.1, 0.15) is 40.2 Å². The van der Waals surface area contributed by atoms with E-state index in [1.807, 2.05) is 0 Å². The SMILES string of the molecule is CC[N+](CC)=c1ccc2nc3cc(C(C)(C)C)c(N)cc3sc-2c1. The molecule has 4 heteroatoms. The van der Waals surface area contributed by atoms with Crippen molar-refractivity contribution >= 4 is 27.2 Å². The molecule has 0 fully saturated rings. The average molecular weight is 341 g/mol. The molecule has 0 saturated heterocycles. The van der Waals surface area contributed by atoms with E-state index in [4.69, 9.17) is 10.7 Å². The van der Waals surface area contributed by atoms with Crippen molar-refractivity contribution in [2.45, 2.75) is 40.0 Å². The van der Waals surface area contributed by atoms with Crippen molar-refractivity contribution in [2.24, 2.45) is 0 Å². The van der Waals surface area contributed by atoms with Crippen molar-refractivity contribution in [3.63, 3.8) is 0 Å². The number of hydrogen-bond donors (Lipinski definition) is 1. The molecule has 3 nitrogen and oxygen atoms in total. The standard InChI is InChI=1S/C20H25N3S/c1-6-23(7-2)13-8-9-16-18(10-13)24-19-12-15(21)14(20(3,4)5)11-17(19)22-16/h8-12,21H,6-7H2,1-5H3/p+1. The van der Waals surface area contributed by atoms with Crippen LogP contribution in [-0.4, -0.2) is 18.1 Å². The highest BCUT2D eigenvalue weighted by atomic mass is 32.1. The Hall–Kier alpha value is -1.94. The van der Waals surface area contributed by atoms with Crippen LogP contribution in [0.5, 0.6) is 0 Å². The van der Waals surface area contributed by atoms with Gasteiger partial charge < -0.3 is 5.73 Å². The number of fused-ring (bicyclic) bond motifs is 2. The Balaban J connectivity index is 2.29. The van der Waals surface area contributed by atoms with Crippen molar-refractivity contribution in [1.29, 1.82) is 0 Å². The van der Waals surface area contributed by atoms with Crippen LogP contribution in [0, 0.1) is 0 Å². The smallest absolute Gasteiger partial charge is 0.201 e. The molecule has 0 saturated carbocycles. The number of aromatic nitrogens is 1. The van der Waals surface area contributed by atoms with Gasteiger partial charge in [-0.05, 0) is 43.0 Å². The quantitative estimate of drug-likeness (QED) is 0.434. The summed E-state index contributed by atoms with van der Waals surface area (Å²) in [6.45, 7) is 12.9. The van der Waals surface area contributed by atoms with Crippen LogP contribution in [0.3, 0.4) is 0 Å². The molecule has 0 bridgehead atoms. The summed E-state index contributed by atoms with van der Waals surface area (Å²) < 4.78 is 3.50. The Morgan fingerprint density at radius 2 is 1.79 bits per heavy atom. The van der Waals surface area contributed by atoms with Gasteiger partial charge in [-0.2, -0.15) is 0 Å². The Morgan fingerprint density at radius 1 is 1.08 bits per heavy atom. The van der Waals surface area contributed by atoms with E-state index in [2.05, 4.69) is 69.5 Å². The zero-order valence-corrected chi connectivity index (χ0v) is 16.0. The van der Waals surface area contributed by atoms with Gasteiger partial charge in [-0.3, -0.25) is 0 Å². The van der Waals surface area contributed by atoms with Crippen LogP contribution in [0.4, 0.5) is 5.69 Å². The van der Waals surface area contributed by atoms with E-state index < -0.39 is 0 Å². The molecule has 3 rings (SSSR count). The predicted octanol–water partition coefficient (Wildman–Crippen LogP) is 4.09. The van der Waals surface area contributed by atoms with Crippen LogP contribution >= 0.6 is 11.3 Å². The highest BCUT2D eigenvalue weighted by Gasteiger charge is 2.19. The van der Waals surface area contributed by atoms with Gasteiger partial charge in [0.15, 0.2) is 0 Å². The topological polar surface area (TPSA) is 41.9 Å². The lowest BCUT2D eigenvalue weighted by Crippen LogP contribution is -2.29. The van der Waals surface area contributed by atoms with Crippen molar-refractivity contribution in [1.82, 2.24) is 9.56 Å². The Morgan fingerprint density at radius 3 is 2.42 bits per heavy atom. The molecule has 1 aromatic rings. The predicted molar refractivity (Wildman–Crippen MR) is 106 cm³/mol. The minimum absolute atomic E-state index is 0.0200. The van der Waals surface area contributed by atoms with Crippen molar-refractivity contribution in [3.8, 4) is 10.6 Å². The Bertz CT molecular complexity index is 926. The van der Waals surface area contributed by atoms with Gasteiger partial charge in [0, 0.05) is 17.8 Å². The summed E-state index contributed by atoms with van der Waals surface area (Å²) in [6.07, 6.45) is 0. The number of nitrogens with two attached hydrogens (primary N) is 1. The molecule has 0 spiro atoms. The fourth-order valence-electron chi connectivity index (χ4n) is 3.11. The van der Waals surface area contributed by atoms with Crippen LogP contribution < -0.4 is 15.7 Å². The molecule has 2 N–H and O–H groups in total. The normalized spacial score (nSPS) is 12.0. The fraction of sp³-hybridized carbons (Fsp3) is 0.400. The maximum atomic E-state index is 6.31. The summed E-state index contributed by atoms with van der Waals surface area (Å²) in [5.74, 6) is 0. The lowest BCUT2D eigenvalue weighted by Gasteiger charge is -2.21. The van der Waals surface area contributed by atoms with Gasteiger partial charge >= 0.3 is 0 Å². The number of nitrogen functional groups attached to an aromatic ring is 1. The second kappa shape index (κ2) is 6.17. The number of anilines is 1. The fourth-order valence-corrected chi connectivity index (χ4v) is 4.14. The third-order valence-corrected chi connectivity index (χ3v) is 5.57. The van der Waals surface area contributed by atoms with Crippen LogP contribution in [0.2, 0.25) is 0 Å². The second-order valence-corrected chi connectivity index (χ2v) is 8.28. The number of rotatable bonds is 2. The monoisotopic (exact) mass is 340 g/mol. The molecule has 0 radical (unpaired) electrons. The number of benzene rings is 2. The molecule has 126 valence electrons. The van der Waals surface area contributed by atoms with E-state index in [1.54, 1.807) is 11.3 Å². The van der Waals surface area contributed by atoms with Gasteiger partial charge in [0.25, 0.3) is 0 Å². The van der Waals surface area contributed by atoms with Gasteiger partial charge in [-0.15, -0.1) is 11.3 Å². The van der Waals surface area contributed by atoms with Crippen molar-refractivity contribution in [2.75, 3.05) is 18.8 Å². The van der Waals surface area contributed by atoms with E-state index >= 15 is 0 Å². The summed E-state index contributed by atoms with van der Waals surface area (Å²) in [5.41, 5.74) is 10.4. The zero-order valence-electron chi connectivity index (χ0n) is 15.2. The molecule has 1 aromatic carbocycles. The molecule has 1 aliphatic carbocycles. The molecular weight excluding hydrogens is 314 g/mol. The highest BCUT2D eigenvalue weighted by molar-refractivity contribution is 7.21. The average Bonchev–Trinajstić information content (AvgIpc) is 2.52. The van der Waals surface area contributed by atoms with Gasteiger partial charge in [-0.1, -0.05) is 20.8 Å². The molecule has 0 atom stereocenters. The van der Waals surface area contributed by atoms with Crippen LogP contribution in [0.15, 0.2) is 30.3 Å². The first kappa shape index (κ1) is 16.9. The zero-order chi connectivity index (χ0) is 17.5. The maximum Gasteiger partial charge on any atom is 0.201 e. The maximum absolute atomic E-state index is 6.31. The molecule has 0 aromatic heterocycles. The summed E-state index contributed by atoms with van der Waals surface area (Å²) in [4.78, 5) is 6.08. The Labute approximate surface area is 147 Å². The highest BCUT2D eigenvalue weighted by Crippen LogP contribution is 2.35. The van der Waals surface area contributed by atoms with E-state index in [1.165, 1.54) is 10.2 Å². The molecular formula is C20H26N3S+. The minimum Gasteiger partial charge on any atom is -0.398 e. The summed E-state index contributed by atoms with van der Waals surface area (Å²) in [5, 5.41) is 1.25. The van der Waals surface area contributed by atoms with E-state index in [0.717, 1.165) is 40.3 Å². The molecule has 0 amide bonds. The summed E-state index contributed by atoms with van der Waals surface area (Å²) in [7, 11) is 0. The largest absolute Gasteiger partial charge is 0.398 e. The Kier molecular flexibility index (Phi) is 4.35. The van der Waals surface area contributed by atoms with Crippen LogP contribution in [-0.2, 0) is 5.41 Å². The third-order valence-electron chi connectivity index (χ3n) is 4.47. The molecule has 24 heavy (non-hydrogen) atoms. The minimum atomic E-state index is 0.0200. The lowest BCUT2D eigenvalue weighted by molar-refractivity contribution is 0.593. The van der Waals surface area contributed by atoms with Crippen molar-refractivity contribution in [3.05, 3.63) is 41.3 Å².